The van der Waals surface area contributed by atoms with Crippen LogP contribution in [0.2, 0.25) is 0 Å². The standard InChI is InChI=1S/C23H33N5O3/c1-5-24-21(26-13-14-27-22(29)31-23(2,3)4)28-16-19-11-12-25-20(15-19)30-17-18-9-7-6-8-10-18/h6-12,15H,5,13-14,16-17H2,1-4H3,(H,27,29)(H2,24,26,28). The molecule has 3 N–H and O–H groups in total. The van der Waals surface area contributed by atoms with Gasteiger partial charge in [-0.05, 0) is 44.9 Å². The fourth-order valence-corrected chi connectivity index (χ4v) is 2.53. The third-order valence-electron chi connectivity index (χ3n) is 3.88. The summed E-state index contributed by atoms with van der Waals surface area (Å²) in [4.78, 5) is 20.5. The van der Waals surface area contributed by atoms with E-state index < -0.39 is 11.7 Å². The Labute approximate surface area is 184 Å². The third kappa shape index (κ3) is 10.3. The van der Waals surface area contributed by atoms with Crippen LogP contribution in [0, 0.1) is 0 Å². The van der Waals surface area contributed by atoms with E-state index in [0.29, 0.717) is 38.1 Å². The van der Waals surface area contributed by atoms with Gasteiger partial charge in [0.25, 0.3) is 0 Å². The quantitative estimate of drug-likeness (QED) is 0.323. The van der Waals surface area contributed by atoms with Gasteiger partial charge < -0.3 is 25.4 Å². The molecule has 0 saturated heterocycles. The molecule has 0 unspecified atom stereocenters. The van der Waals surface area contributed by atoms with Crippen molar-refractivity contribution in [2.24, 2.45) is 4.99 Å². The van der Waals surface area contributed by atoms with Crippen molar-refractivity contribution in [3.8, 4) is 5.88 Å². The number of hydrogen-bond acceptors (Lipinski definition) is 5. The number of rotatable bonds is 9. The topological polar surface area (TPSA) is 96.9 Å². The molecule has 0 bridgehead atoms. The Balaban J connectivity index is 1.82. The molecule has 1 aromatic carbocycles. The molecule has 168 valence electrons. The molecule has 2 aromatic rings. The van der Waals surface area contributed by atoms with Gasteiger partial charge in [0.05, 0.1) is 6.54 Å². The average Bonchev–Trinajstić information content (AvgIpc) is 2.73. The molecule has 8 heteroatoms. The van der Waals surface area contributed by atoms with Gasteiger partial charge in [-0.3, -0.25) is 0 Å². The van der Waals surface area contributed by atoms with Crippen LogP contribution in [-0.4, -0.2) is 42.3 Å². The normalized spacial score (nSPS) is 11.5. The second kappa shape index (κ2) is 12.4. The molecule has 0 saturated carbocycles. The highest BCUT2D eigenvalue weighted by Crippen LogP contribution is 2.12. The van der Waals surface area contributed by atoms with Crippen molar-refractivity contribution in [2.45, 2.75) is 46.4 Å². The van der Waals surface area contributed by atoms with Crippen LogP contribution in [0.25, 0.3) is 0 Å². The van der Waals surface area contributed by atoms with E-state index in [1.54, 1.807) is 6.20 Å². The van der Waals surface area contributed by atoms with Crippen LogP contribution in [0.15, 0.2) is 53.7 Å². The largest absolute Gasteiger partial charge is 0.473 e. The van der Waals surface area contributed by atoms with E-state index >= 15 is 0 Å². The van der Waals surface area contributed by atoms with E-state index in [0.717, 1.165) is 17.7 Å². The summed E-state index contributed by atoms with van der Waals surface area (Å²) >= 11 is 0. The number of nitrogens with one attached hydrogen (secondary N) is 3. The minimum atomic E-state index is -0.512. The molecule has 2 rings (SSSR count). The molecule has 1 amide bonds. The first kappa shape index (κ1) is 24.0. The van der Waals surface area contributed by atoms with Crippen molar-refractivity contribution in [1.82, 2.24) is 20.9 Å². The van der Waals surface area contributed by atoms with Gasteiger partial charge in [0.1, 0.15) is 12.2 Å². The van der Waals surface area contributed by atoms with E-state index in [4.69, 9.17) is 9.47 Å². The van der Waals surface area contributed by atoms with Gasteiger partial charge in [-0.15, -0.1) is 0 Å². The molecule has 0 spiro atoms. The van der Waals surface area contributed by atoms with Crippen molar-refractivity contribution in [1.29, 1.82) is 0 Å². The van der Waals surface area contributed by atoms with E-state index in [1.165, 1.54) is 0 Å². The number of carbonyl (C=O) groups excluding carboxylic acids is 1. The molecular weight excluding hydrogens is 394 g/mol. The van der Waals surface area contributed by atoms with Gasteiger partial charge in [0.2, 0.25) is 5.88 Å². The van der Waals surface area contributed by atoms with Gasteiger partial charge >= 0.3 is 6.09 Å². The Bertz CT molecular complexity index is 835. The summed E-state index contributed by atoms with van der Waals surface area (Å²) in [5.74, 6) is 1.23. The minimum absolute atomic E-state index is 0.423. The smallest absolute Gasteiger partial charge is 0.407 e. The molecule has 1 heterocycles. The van der Waals surface area contributed by atoms with E-state index in [1.807, 2.05) is 70.2 Å². The summed E-state index contributed by atoms with van der Waals surface area (Å²) in [6.45, 7) is 10.1. The SMILES string of the molecule is CCNC(=NCc1ccnc(OCc2ccccc2)c1)NCCNC(=O)OC(C)(C)C. The Kier molecular flexibility index (Phi) is 9.61. The maximum Gasteiger partial charge on any atom is 0.407 e. The molecular formula is C23H33N5O3. The number of aliphatic imine (C=N–C) groups is 1. The van der Waals surface area contributed by atoms with Crippen LogP contribution < -0.4 is 20.7 Å². The second-order valence-corrected chi connectivity index (χ2v) is 7.83. The van der Waals surface area contributed by atoms with Crippen LogP contribution in [0.5, 0.6) is 5.88 Å². The van der Waals surface area contributed by atoms with Gasteiger partial charge in [0.15, 0.2) is 5.96 Å². The van der Waals surface area contributed by atoms with Crippen molar-refractivity contribution >= 4 is 12.1 Å². The molecule has 0 radical (unpaired) electrons. The van der Waals surface area contributed by atoms with Gasteiger partial charge in [-0.25, -0.2) is 14.8 Å². The third-order valence-corrected chi connectivity index (χ3v) is 3.88. The second-order valence-electron chi connectivity index (χ2n) is 7.83. The summed E-state index contributed by atoms with van der Waals surface area (Å²) in [6, 6.07) is 13.8. The van der Waals surface area contributed by atoms with E-state index in [-0.39, 0.29) is 0 Å². The Morgan fingerprint density at radius 1 is 1.03 bits per heavy atom. The number of aromatic nitrogens is 1. The van der Waals surface area contributed by atoms with Crippen LogP contribution in [0.4, 0.5) is 4.79 Å². The lowest BCUT2D eigenvalue weighted by Gasteiger charge is -2.19. The highest BCUT2D eigenvalue weighted by Gasteiger charge is 2.15. The Morgan fingerprint density at radius 3 is 2.48 bits per heavy atom. The molecule has 0 aliphatic rings. The number of amides is 1. The first-order valence-electron chi connectivity index (χ1n) is 10.5. The maximum absolute atomic E-state index is 11.7. The molecule has 0 fully saturated rings. The number of pyridine rings is 1. The predicted octanol–water partition coefficient (Wildman–Crippen LogP) is 3.24. The highest BCUT2D eigenvalue weighted by atomic mass is 16.6. The number of ether oxygens (including phenoxy) is 2. The molecule has 0 aliphatic heterocycles. The number of nitrogens with zero attached hydrogens (tertiary/aromatic N) is 2. The van der Waals surface area contributed by atoms with E-state index in [2.05, 4.69) is 25.9 Å². The Hall–Kier alpha value is -3.29. The number of guanidine groups is 1. The van der Waals surface area contributed by atoms with Gasteiger partial charge in [-0.2, -0.15) is 0 Å². The fraction of sp³-hybridized carbons (Fsp3) is 0.435. The summed E-state index contributed by atoms with van der Waals surface area (Å²) < 4.78 is 11.0. The zero-order chi connectivity index (χ0) is 22.5. The molecule has 8 nitrogen and oxygen atoms in total. The van der Waals surface area contributed by atoms with Crippen LogP contribution in [-0.2, 0) is 17.9 Å². The lowest BCUT2D eigenvalue weighted by atomic mass is 10.2. The number of alkyl carbamates (subject to hydrolysis) is 1. The van der Waals surface area contributed by atoms with Crippen LogP contribution in [0.1, 0.15) is 38.8 Å². The first-order chi connectivity index (χ1) is 14.9. The zero-order valence-corrected chi connectivity index (χ0v) is 18.8. The number of benzene rings is 1. The van der Waals surface area contributed by atoms with Crippen LogP contribution in [0.3, 0.4) is 0 Å². The molecule has 0 aliphatic carbocycles. The number of hydrogen-bond donors (Lipinski definition) is 3. The summed E-state index contributed by atoms with van der Waals surface area (Å²) in [5, 5.41) is 9.09. The number of carbonyl (C=O) groups is 1. The molecule has 1 aromatic heterocycles. The zero-order valence-electron chi connectivity index (χ0n) is 18.8. The van der Waals surface area contributed by atoms with Crippen molar-refractivity contribution in [3.05, 3.63) is 59.8 Å². The minimum Gasteiger partial charge on any atom is -0.473 e. The summed E-state index contributed by atoms with van der Waals surface area (Å²) in [5.41, 5.74) is 1.57. The lowest BCUT2D eigenvalue weighted by Crippen LogP contribution is -2.42. The first-order valence-corrected chi connectivity index (χ1v) is 10.5. The average molecular weight is 428 g/mol. The van der Waals surface area contributed by atoms with Gasteiger partial charge in [0, 0.05) is 31.9 Å². The predicted molar refractivity (Wildman–Crippen MR) is 122 cm³/mol. The fourth-order valence-electron chi connectivity index (χ4n) is 2.53. The molecule has 31 heavy (non-hydrogen) atoms. The highest BCUT2D eigenvalue weighted by molar-refractivity contribution is 5.79. The van der Waals surface area contributed by atoms with Crippen molar-refractivity contribution in [3.63, 3.8) is 0 Å². The Morgan fingerprint density at radius 2 is 1.77 bits per heavy atom. The summed E-state index contributed by atoms with van der Waals surface area (Å²) in [6.07, 6.45) is 1.28. The van der Waals surface area contributed by atoms with Crippen molar-refractivity contribution < 1.29 is 14.3 Å². The van der Waals surface area contributed by atoms with Crippen LogP contribution >= 0.6 is 0 Å². The summed E-state index contributed by atoms with van der Waals surface area (Å²) in [7, 11) is 0. The molecule has 0 atom stereocenters. The monoisotopic (exact) mass is 427 g/mol. The van der Waals surface area contributed by atoms with Gasteiger partial charge in [-0.1, -0.05) is 30.3 Å². The van der Waals surface area contributed by atoms with Crippen molar-refractivity contribution in [2.75, 3.05) is 19.6 Å². The van der Waals surface area contributed by atoms with E-state index in [9.17, 15) is 4.79 Å². The maximum atomic E-state index is 11.7. The lowest BCUT2D eigenvalue weighted by molar-refractivity contribution is 0.0529.